The summed E-state index contributed by atoms with van der Waals surface area (Å²) in [5.74, 6) is -3.31. The van der Waals surface area contributed by atoms with Crippen LogP contribution in [0.2, 0.25) is 5.02 Å². The first-order valence-corrected chi connectivity index (χ1v) is 4.58. The van der Waals surface area contributed by atoms with Crippen LogP contribution in [0.4, 0.5) is 10.1 Å². The van der Waals surface area contributed by atoms with E-state index in [1.54, 1.807) is 0 Å². The average Bonchev–Trinajstić information content (AvgIpc) is 2.16. The summed E-state index contributed by atoms with van der Waals surface area (Å²) < 4.78 is 13.1. The summed E-state index contributed by atoms with van der Waals surface area (Å²) in [4.78, 5) is 20.2. The number of halogens is 2. The van der Waals surface area contributed by atoms with E-state index in [2.05, 4.69) is 0 Å². The second-order valence-corrected chi connectivity index (χ2v) is 3.55. The molecule has 0 aromatic heterocycles. The van der Waals surface area contributed by atoms with E-state index in [4.69, 9.17) is 16.7 Å². The highest BCUT2D eigenvalue weighted by Crippen LogP contribution is 2.30. The van der Waals surface area contributed by atoms with E-state index in [9.17, 15) is 19.3 Å². The van der Waals surface area contributed by atoms with E-state index >= 15 is 0 Å². The zero-order chi connectivity index (χ0) is 12.5. The van der Waals surface area contributed by atoms with Gasteiger partial charge in [-0.25, -0.2) is 0 Å². The predicted molar refractivity (Wildman–Crippen MR) is 54.1 cm³/mol. The molecule has 1 aromatic rings. The summed E-state index contributed by atoms with van der Waals surface area (Å²) >= 11 is 5.62. The average molecular weight is 248 g/mol. The van der Waals surface area contributed by atoms with Gasteiger partial charge < -0.3 is 5.11 Å². The first-order chi connectivity index (χ1) is 7.34. The van der Waals surface area contributed by atoms with Gasteiger partial charge in [0.05, 0.1) is 10.8 Å². The van der Waals surface area contributed by atoms with Crippen LogP contribution in [0.3, 0.4) is 0 Å². The Morgan fingerprint density at radius 1 is 1.62 bits per heavy atom. The maximum Gasteiger partial charge on any atom is 0.310 e. The van der Waals surface area contributed by atoms with Gasteiger partial charge in [-0.15, -0.1) is 0 Å². The van der Waals surface area contributed by atoms with Crippen LogP contribution in [0, 0.1) is 15.9 Å². The van der Waals surface area contributed by atoms with Crippen LogP contribution in [-0.2, 0) is 4.79 Å². The Morgan fingerprint density at radius 2 is 2.19 bits per heavy atom. The Hall–Kier alpha value is -1.69. The van der Waals surface area contributed by atoms with Crippen molar-refractivity contribution >= 4 is 23.3 Å². The van der Waals surface area contributed by atoms with Gasteiger partial charge in [0.25, 0.3) is 0 Å². The third-order valence-corrected chi connectivity index (χ3v) is 2.43. The van der Waals surface area contributed by atoms with Crippen molar-refractivity contribution in [3.8, 4) is 0 Å². The Morgan fingerprint density at radius 3 is 2.62 bits per heavy atom. The van der Waals surface area contributed by atoms with Crippen molar-refractivity contribution in [1.29, 1.82) is 0 Å². The molecule has 0 aliphatic rings. The highest BCUT2D eigenvalue weighted by Gasteiger charge is 2.23. The lowest BCUT2D eigenvalue weighted by atomic mass is 10.0. The molecular weight excluding hydrogens is 241 g/mol. The number of hydrogen-bond donors (Lipinski definition) is 1. The second-order valence-electron chi connectivity index (χ2n) is 3.14. The first kappa shape index (κ1) is 12.4. The molecule has 0 amide bonds. The molecule has 1 N–H and O–H groups in total. The highest BCUT2D eigenvalue weighted by atomic mass is 35.5. The van der Waals surface area contributed by atoms with Gasteiger partial charge in [0.15, 0.2) is 0 Å². The fourth-order valence-corrected chi connectivity index (χ4v) is 1.47. The van der Waals surface area contributed by atoms with E-state index in [1.807, 2.05) is 0 Å². The number of nitro benzene ring substituents is 1. The Balaban J connectivity index is 3.35. The van der Waals surface area contributed by atoms with Crippen molar-refractivity contribution in [2.45, 2.75) is 12.8 Å². The Labute approximate surface area is 94.6 Å². The van der Waals surface area contributed by atoms with Crippen molar-refractivity contribution in [3.05, 3.63) is 38.7 Å². The van der Waals surface area contributed by atoms with E-state index in [0.717, 1.165) is 12.1 Å². The van der Waals surface area contributed by atoms with Crippen LogP contribution in [-0.4, -0.2) is 16.0 Å². The van der Waals surface area contributed by atoms with Gasteiger partial charge >= 0.3 is 11.7 Å². The fourth-order valence-electron chi connectivity index (χ4n) is 1.16. The molecule has 7 heteroatoms. The second kappa shape index (κ2) is 4.44. The predicted octanol–water partition coefficient (Wildman–Crippen LogP) is 2.58. The van der Waals surface area contributed by atoms with Crippen LogP contribution < -0.4 is 0 Å². The monoisotopic (exact) mass is 247 g/mol. The molecule has 0 aliphatic heterocycles. The van der Waals surface area contributed by atoms with Crippen molar-refractivity contribution in [2.24, 2.45) is 0 Å². The third kappa shape index (κ3) is 2.27. The minimum absolute atomic E-state index is 0.0160. The SMILES string of the molecule is CC(C(=O)O)c1cc([N+](=O)[O-])c(F)cc1Cl. The standard InChI is InChI=1S/C9H7ClFNO4/c1-4(9(13)14)5-2-8(12(15)16)7(11)3-6(5)10/h2-4H,1H3,(H,13,14). The maximum atomic E-state index is 13.1. The number of hydrogen-bond acceptors (Lipinski definition) is 3. The fraction of sp³-hybridized carbons (Fsp3) is 0.222. The zero-order valence-corrected chi connectivity index (χ0v) is 8.86. The molecule has 0 radical (unpaired) electrons. The quantitative estimate of drug-likeness (QED) is 0.657. The largest absolute Gasteiger partial charge is 0.481 e. The van der Waals surface area contributed by atoms with Crippen LogP contribution >= 0.6 is 11.6 Å². The summed E-state index contributed by atoms with van der Waals surface area (Å²) in [6.07, 6.45) is 0. The van der Waals surface area contributed by atoms with Crippen molar-refractivity contribution < 1.29 is 19.2 Å². The molecule has 1 atom stereocenters. The molecule has 0 spiro atoms. The Kier molecular flexibility index (Phi) is 3.44. The van der Waals surface area contributed by atoms with E-state index in [-0.39, 0.29) is 10.6 Å². The van der Waals surface area contributed by atoms with Gasteiger partial charge in [-0.1, -0.05) is 11.6 Å². The van der Waals surface area contributed by atoms with Gasteiger partial charge in [0.2, 0.25) is 5.82 Å². The third-order valence-electron chi connectivity index (χ3n) is 2.10. The number of carboxylic acid groups (broad SMARTS) is 1. The summed E-state index contributed by atoms with van der Waals surface area (Å²) in [5.41, 5.74) is -0.769. The lowest BCUT2D eigenvalue weighted by molar-refractivity contribution is -0.387. The molecule has 0 bridgehead atoms. The molecule has 0 saturated heterocycles. The van der Waals surface area contributed by atoms with Crippen LogP contribution in [0.1, 0.15) is 18.4 Å². The van der Waals surface area contributed by atoms with E-state index in [0.29, 0.717) is 0 Å². The number of benzene rings is 1. The van der Waals surface area contributed by atoms with Crippen molar-refractivity contribution in [3.63, 3.8) is 0 Å². The summed E-state index contributed by atoms with van der Waals surface area (Å²) in [7, 11) is 0. The number of carboxylic acids is 1. The Bertz CT molecular complexity index is 463. The number of nitro groups is 1. The van der Waals surface area contributed by atoms with E-state index < -0.39 is 28.3 Å². The molecule has 86 valence electrons. The molecule has 16 heavy (non-hydrogen) atoms. The molecule has 5 nitrogen and oxygen atoms in total. The number of rotatable bonds is 3. The van der Waals surface area contributed by atoms with Crippen LogP contribution in [0.15, 0.2) is 12.1 Å². The molecule has 1 aromatic carbocycles. The minimum Gasteiger partial charge on any atom is -0.481 e. The van der Waals surface area contributed by atoms with Crippen molar-refractivity contribution in [2.75, 3.05) is 0 Å². The van der Waals surface area contributed by atoms with Gasteiger partial charge in [0, 0.05) is 11.1 Å². The van der Waals surface area contributed by atoms with Crippen LogP contribution in [0.25, 0.3) is 0 Å². The van der Waals surface area contributed by atoms with Gasteiger partial charge in [-0.05, 0) is 18.6 Å². The normalized spacial score (nSPS) is 12.2. The number of nitrogens with zero attached hydrogens (tertiary/aromatic N) is 1. The van der Waals surface area contributed by atoms with Crippen LogP contribution in [0.5, 0.6) is 0 Å². The molecule has 0 fully saturated rings. The van der Waals surface area contributed by atoms with Gasteiger partial charge in [-0.2, -0.15) is 4.39 Å². The summed E-state index contributed by atoms with van der Waals surface area (Å²) in [6.45, 7) is 1.31. The summed E-state index contributed by atoms with van der Waals surface area (Å²) in [6, 6.07) is 1.59. The van der Waals surface area contributed by atoms with Crippen molar-refractivity contribution in [1.82, 2.24) is 0 Å². The summed E-state index contributed by atoms with van der Waals surface area (Å²) in [5, 5.41) is 19.0. The molecular formula is C9H7ClFNO4. The molecule has 0 aliphatic carbocycles. The molecule has 1 rings (SSSR count). The van der Waals surface area contributed by atoms with Gasteiger partial charge in [0.1, 0.15) is 0 Å². The van der Waals surface area contributed by atoms with E-state index in [1.165, 1.54) is 6.92 Å². The smallest absolute Gasteiger partial charge is 0.310 e. The first-order valence-electron chi connectivity index (χ1n) is 4.20. The minimum atomic E-state index is -1.19. The molecule has 0 heterocycles. The number of aliphatic carboxylic acids is 1. The lowest BCUT2D eigenvalue weighted by Gasteiger charge is -2.08. The number of carbonyl (C=O) groups is 1. The maximum absolute atomic E-state index is 13.1. The molecule has 1 unspecified atom stereocenters. The lowest BCUT2D eigenvalue weighted by Crippen LogP contribution is -2.09. The van der Waals surface area contributed by atoms with Gasteiger partial charge in [-0.3, -0.25) is 14.9 Å². The zero-order valence-electron chi connectivity index (χ0n) is 8.11. The molecule has 0 saturated carbocycles. The highest BCUT2D eigenvalue weighted by molar-refractivity contribution is 6.31. The topological polar surface area (TPSA) is 80.4 Å².